The van der Waals surface area contributed by atoms with Crippen LogP contribution in [0.15, 0.2) is 35.5 Å². The van der Waals surface area contributed by atoms with Crippen LogP contribution in [0.2, 0.25) is 0 Å². The molecule has 5 N–H and O–H groups in total. The number of aromatic hydroxyl groups is 1. The zero-order chi connectivity index (χ0) is 15.8. The molecule has 1 aromatic carbocycles. The van der Waals surface area contributed by atoms with Gasteiger partial charge in [0.05, 0.1) is 11.6 Å². The third kappa shape index (κ3) is 3.15. The first-order valence-corrected chi connectivity index (χ1v) is 7.42. The van der Waals surface area contributed by atoms with Crippen LogP contribution < -0.4 is 10.6 Å². The van der Waals surface area contributed by atoms with Crippen molar-refractivity contribution >= 4 is 16.1 Å². The number of carboxylic acid groups (broad SMARTS) is 1. The second-order valence-electron chi connectivity index (χ2n) is 4.58. The van der Waals surface area contributed by atoms with Gasteiger partial charge in [-0.15, -0.1) is 0 Å². The molecular weight excluding hydrogens is 300 g/mol. The molecule has 0 saturated carbocycles. The van der Waals surface area contributed by atoms with E-state index in [1.54, 1.807) is 6.07 Å². The number of benzene rings is 1. The van der Waals surface area contributed by atoms with Crippen LogP contribution in [0, 0.1) is 0 Å². The molecule has 1 aromatic rings. The van der Waals surface area contributed by atoms with Crippen molar-refractivity contribution in [3.63, 3.8) is 0 Å². The van der Waals surface area contributed by atoms with E-state index in [9.17, 15) is 23.4 Å². The monoisotopic (exact) mass is 314 g/mol. The topological polar surface area (TPSA) is 136 Å². The van der Waals surface area contributed by atoms with Gasteiger partial charge in [0.1, 0.15) is 5.75 Å². The van der Waals surface area contributed by atoms with Crippen molar-refractivity contribution < 1.29 is 28.0 Å². The number of allylic oxidation sites excluding steroid dienone is 1. The molecule has 0 aliphatic carbocycles. The Morgan fingerprint density at radius 1 is 1.33 bits per heavy atom. The van der Waals surface area contributed by atoms with Gasteiger partial charge in [-0.05, 0) is 24.6 Å². The maximum absolute atomic E-state index is 11.4. The number of nitrogens with one attached hydrogen (secondary N) is 2. The van der Waals surface area contributed by atoms with E-state index >= 15 is 0 Å². The summed E-state index contributed by atoms with van der Waals surface area (Å²) in [6.45, 7) is 1.40. The molecule has 2 rings (SSSR count). The zero-order valence-corrected chi connectivity index (χ0v) is 11.8. The molecule has 0 saturated heterocycles. The Kier molecular flexibility index (Phi) is 3.90. The predicted molar refractivity (Wildman–Crippen MR) is 72.8 cm³/mol. The Labute approximate surface area is 120 Å². The minimum absolute atomic E-state index is 0.0846. The van der Waals surface area contributed by atoms with Crippen molar-refractivity contribution in [2.24, 2.45) is 0 Å². The lowest BCUT2D eigenvalue weighted by molar-refractivity contribution is -0.133. The number of hydrogen-bond donors (Lipinski definition) is 5. The van der Waals surface area contributed by atoms with Gasteiger partial charge in [0.2, 0.25) is 5.50 Å². The molecule has 0 amide bonds. The fourth-order valence-electron chi connectivity index (χ4n) is 2.18. The van der Waals surface area contributed by atoms with Gasteiger partial charge in [-0.2, -0.15) is 8.42 Å². The van der Waals surface area contributed by atoms with Gasteiger partial charge >= 0.3 is 5.97 Å². The summed E-state index contributed by atoms with van der Waals surface area (Å²) in [5.74, 6) is -1.33. The predicted octanol–water partition coefficient (Wildman–Crippen LogP) is 0.156. The summed E-state index contributed by atoms with van der Waals surface area (Å²) in [6.07, 6.45) is 0. The second-order valence-corrected chi connectivity index (χ2v) is 6.08. The average Bonchev–Trinajstić information content (AvgIpc) is 2.36. The van der Waals surface area contributed by atoms with E-state index in [0.717, 1.165) is 0 Å². The van der Waals surface area contributed by atoms with Crippen LogP contribution in [0.1, 0.15) is 18.5 Å². The van der Waals surface area contributed by atoms with Crippen molar-refractivity contribution in [1.29, 1.82) is 0 Å². The Morgan fingerprint density at radius 2 is 2.00 bits per heavy atom. The normalized spacial score (nSPS) is 22.8. The summed E-state index contributed by atoms with van der Waals surface area (Å²) in [7, 11) is -4.47. The lowest BCUT2D eigenvalue weighted by Crippen LogP contribution is -2.53. The molecule has 1 aliphatic rings. The van der Waals surface area contributed by atoms with Crippen LogP contribution in [0.5, 0.6) is 5.75 Å². The standard InChI is InChI=1S/C12H14N2O6S/c1-6-9(11(16)17)10(7-3-2-4-8(15)5-7)14-12(13-6)21(18,19)20/h2-5,10,12-15H,1H3,(H,16,17)(H,18,19,20). The van der Waals surface area contributed by atoms with E-state index < -0.39 is 27.6 Å². The first-order valence-electron chi connectivity index (χ1n) is 5.92. The molecule has 114 valence electrons. The molecule has 8 nitrogen and oxygen atoms in total. The molecule has 2 atom stereocenters. The van der Waals surface area contributed by atoms with Crippen molar-refractivity contribution in [3.8, 4) is 5.75 Å². The lowest BCUT2D eigenvalue weighted by Gasteiger charge is -2.32. The molecule has 0 radical (unpaired) electrons. The van der Waals surface area contributed by atoms with E-state index in [4.69, 9.17) is 4.55 Å². The van der Waals surface area contributed by atoms with E-state index in [-0.39, 0.29) is 17.0 Å². The van der Waals surface area contributed by atoms with Crippen molar-refractivity contribution in [3.05, 3.63) is 41.1 Å². The van der Waals surface area contributed by atoms with E-state index in [1.165, 1.54) is 25.1 Å². The Hall–Kier alpha value is -2.10. The quantitative estimate of drug-likeness (QED) is 0.498. The number of rotatable bonds is 3. The third-order valence-corrected chi connectivity index (χ3v) is 3.94. The van der Waals surface area contributed by atoms with Crippen LogP contribution in [-0.4, -0.2) is 34.7 Å². The van der Waals surface area contributed by atoms with Crippen molar-refractivity contribution in [2.45, 2.75) is 18.5 Å². The summed E-state index contributed by atoms with van der Waals surface area (Å²) < 4.78 is 31.7. The summed E-state index contributed by atoms with van der Waals surface area (Å²) in [5, 5.41) is 23.7. The first kappa shape index (κ1) is 15.3. The van der Waals surface area contributed by atoms with Gasteiger partial charge in [0.25, 0.3) is 10.1 Å². The van der Waals surface area contributed by atoms with E-state index in [0.29, 0.717) is 5.56 Å². The molecule has 0 aromatic heterocycles. The van der Waals surface area contributed by atoms with Gasteiger partial charge in [0, 0.05) is 5.70 Å². The summed E-state index contributed by atoms with van der Waals surface area (Å²) in [6, 6.07) is 4.77. The molecule has 0 spiro atoms. The van der Waals surface area contributed by atoms with Gasteiger partial charge in [-0.25, -0.2) is 4.79 Å². The fraction of sp³-hybridized carbons (Fsp3) is 0.250. The SMILES string of the molecule is CC1=C(C(=O)O)C(c2cccc(O)c2)NC(S(=O)(=O)O)N1. The third-order valence-electron chi connectivity index (χ3n) is 3.09. The summed E-state index contributed by atoms with van der Waals surface area (Å²) >= 11 is 0. The van der Waals surface area contributed by atoms with Gasteiger partial charge < -0.3 is 15.5 Å². The smallest absolute Gasteiger partial charge is 0.335 e. The molecule has 0 bridgehead atoms. The number of hydrogen-bond acceptors (Lipinski definition) is 6. The highest BCUT2D eigenvalue weighted by atomic mass is 32.2. The number of aliphatic carboxylic acids is 1. The van der Waals surface area contributed by atoms with Gasteiger partial charge in [-0.3, -0.25) is 9.87 Å². The summed E-state index contributed by atoms with van der Waals surface area (Å²) in [4.78, 5) is 11.4. The molecule has 0 fully saturated rings. The first-order chi connectivity index (χ1) is 9.70. The van der Waals surface area contributed by atoms with Gasteiger partial charge in [-0.1, -0.05) is 12.1 Å². The second kappa shape index (κ2) is 5.35. The van der Waals surface area contributed by atoms with Crippen LogP contribution in [0.4, 0.5) is 0 Å². The number of phenols is 1. The van der Waals surface area contributed by atoms with Crippen LogP contribution in [0.25, 0.3) is 0 Å². The number of carbonyl (C=O) groups is 1. The molecule has 1 aliphatic heterocycles. The maximum atomic E-state index is 11.4. The molecular formula is C12H14N2O6S. The highest BCUT2D eigenvalue weighted by molar-refractivity contribution is 7.86. The van der Waals surface area contributed by atoms with E-state index in [2.05, 4.69) is 10.6 Å². The Morgan fingerprint density at radius 3 is 2.52 bits per heavy atom. The zero-order valence-electron chi connectivity index (χ0n) is 10.9. The van der Waals surface area contributed by atoms with Crippen LogP contribution in [-0.2, 0) is 14.9 Å². The number of phenolic OH excluding ortho intramolecular Hbond substituents is 1. The molecule has 21 heavy (non-hydrogen) atoms. The van der Waals surface area contributed by atoms with Crippen molar-refractivity contribution in [2.75, 3.05) is 0 Å². The number of carboxylic acids is 1. The Bertz CT molecular complexity index is 712. The molecule has 1 heterocycles. The van der Waals surface area contributed by atoms with E-state index in [1.807, 2.05) is 0 Å². The highest BCUT2D eigenvalue weighted by Gasteiger charge is 2.36. The highest BCUT2D eigenvalue weighted by Crippen LogP contribution is 2.30. The average molecular weight is 314 g/mol. The van der Waals surface area contributed by atoms with Crippen LogP contribution >= 0.6 is 0 Å². The largest absolute Gasteiger partial charge is 0.508 e. The lowest BCUT2D eigenvalue weighted by atomic mass is 9.95. The van der Waals surface area contributed by atoms with Gasteiger partial charge in [0.15, 0.2) is 0 Å². The minimum Gasteiger partial charge on any atom is -0.508 e. The van der Waals surface area contributed by atoms with Crippen LogP contribution in [0.3, 0.4) is 0 Å². The molecule has 9 heteroatoms. The van der Waals surface area contributed by atoms with Crippen molar-refractivity contribution in [1.82, 2.24) is 10.6 Å². The minimum atomic E-state index is -4.47. The molecule has 2 unspecified atom stereocenters. The fourth-order valence-corrected chi connectivity index (χ4v) is 2.81. The maximum Gasteiger partial charge on any atom is 0.335 e. The summed E-state index contributed by atoms with van der Waals surface area (Å²) in [5.41, 5.74) is -1.16. The Balaban J connectivity index is 2.54.